The molecule has 3 N–H and O–H groups in total. The number of hydrogen-bond acceptors (Lipinski definition) is 3. The van der Waals surface area contributed by atoms with Crippen molar-refractivity contribution < 1.29 is 19.6 Å². The highest BCUT2D eigenvalue weighted by Gasteiger charge is 2.19. The van der Waals surface area contributed by atoms with Crippen LogP contribution in [-0.2, 0) is 4.79 Å². The Hall–Kier alpha value is -3.31. The maximum atomic E-state index is 12.5. The quantitative estimate of drug-likeness (QED) is 0.696. The van der Waals surface area contributed by atoms with E-state index in [2.05, 4.69) is 54.0 Å². The average Bonchev–Trinajstić information content (AvgIpc) is 3.18. The van der Waals surface area contributed by atoms with Gasteiger partial charge in [0.25, 0.3) is 5.91 Å². The van der Waals surface area contributed by atoms with Crippen molar-refractivity contribution in [1.82, 2.24) is 0 Å². The number of nitrogens with two attached hydrogens (primary N) is 1. The number of quaternary nitrogens is 1. The minimum absolute atomic E-state index is 0.0595. The third-order valence-corrected chi connectivity index (χ3v) is 4.79. The van der Waals surface area contributed by atoms with Crippen LogP contribution >= 0.6 is 0 Å². The third kappa shape index (κ3) is 4.15. The Kier molecular flexibility index (Phi) is 5.26. The van der Waals surface area contributed by atoms with Crippen LogP contribution < -0.4 is 20.1 Å². The molecule has 5 heteroatoms. The highest BCUT2D eigenvalue weighted by Crippen LogP contribution is 2.34. The van der Waals surface area contributed by atoms with Gasteiger partial charge in [-0.15, -0.1) is 0 Å². The summed E-state index contributed by atoms with van der Waals surface area (Å²) in [5.41, 5.74) is 4.26. The Morgan fingerprint density at radius 2 is 1.68 bits per heavy atom. The number of amides is 1. The van der Waals surface area contributed by atoms with E-state index in [0.29, 0.717) is 23.7 Å². The molecule has 0 aromatic heterocycles. The van der Waals surface area contributed by atoms with Gasteiger partial charge >= 0.3 is 0 Å². The van der Waals surface area contributed by atoms with Gasteiger partial charge in [0.05, 0.1) is 0 Å². The summed E-state index contributed by atoms with van der Waals surface area (Å²) in [5.74, 6) is 1.29. The van der Waals surface area contributed by atoms with Gasteiger partial charge in [-0.05, 0) is 19.1 Å². The zero-order chi connectivity index (χ0) is 19.3. The number of rotatable bonds is 6. The van der Waals surface area contributed by atoms with E-state index in [1.54, 1.807) is 12.1 Å². The topological polar surface area (TPSA) is 64.2 Å². The molecule has 3 aromatic rings. The molecule has 4 rings (SSSR count). The largest absolute Gasteiger partial charge is 0.454 e. The summed E-state index contributed by atoms with van der Waals surface area (Å²) >= 11 is 0. The third-order valence-electron chi connectivity index (χ3n) is 4.79. The van der Waals surface area contributed by atoms with E-state index in [9.17, 15) is 4.79 Å². The van der Waals surface area contributed by atoms with E-state index >= 15 is 0 Å². The first-order valence-electron chi connectivity index (χ1n) is 9.33. The smallest absolute Gasteiger partial charge is 0.279 e. The van der Waals surface area contributed by atoms with Crippen molar-refractivity contribution in [1.29, 1.82) is 0 Å². The number of benzene rings is 3. The Morgan fingerprint density at radius 3 is 2.46 bits per heavy atom. The van der Waals surface area contributed by atoms with Gasteiger partial charge in [0, 0.05) is 22.9 Å². The molecular formula is C23H23N2O3+. The van der Waals surface area contributed by atoms with Gasteiger partial charge in [-0.1, -0.05) is 60.2 Å². The normalized spacial score (nSPS) is 13.2. The Bertz CT molecular complexity index is 955. The molecule has 1 aliphatic rings. The summed E-state index contributed by atoms with van der Waals surface area (Å²) < 4.78 is 10.7. The summed E-state index contributed by atoms with van der Waals surface area (Å²) in [7, 11) is 0. The van der Waals surface area contributed by atoms with E-state index in [1.807, 2.05) is 24.3 Å². The molecule has 28 heavy (non-hydrogen) atoms. The van der Waals surface area contributed by atoms with Gasteiger partial charge in [0.2, 0.25) is 6.79 Å². The molecule has 142 valence electrons. The highest BCUT2D eigenvalue weighted by atomic mass is 16.7. The minimum Gasteiger partial charge on any atom is -0.454 e. The molecule has 0 bridgehead atoms. The predicted octanol–water partition coefficient (Wildman–Crippen LogP) is 3.02. The fourth-order valence-corrected chi connectivity index (χ4v) is 3.31. The molecule has 1 aliphatic heterocycles. The molecule has 0 spiro atoms. The van der Waals surface area contributed by atoms with E-state index in [1.165, 1.54) is 16.7 Å². The second-order valence-corrected chi connectivity index (χ2v) is 6.86. The standard InChI is InChI=1S/C23H22N2O3/c1-16-7-9-18(10-8-16)23(17-5-3-2-4-6-17)24-14-22(26)25-19-11-12-20-21(13-19)28-15-27-20/h2-13,23-24H,14-15H2,1H3,(H,25,26)/p+1/t23-/m0/s1. The van der Waals surface area contributed by atoms with Crippen LogP contribution in [0.3, 0.4) is 0 Å². The molecule has 0 radical (unpaired) electrons. The number of carbonyl (C=O) groups is 1. The lowest BCUT2D eigenvalue weighted by molar-refractivity contribution is -0.676. The van der Waals surface area contributed by atoms with Crippen LogP contribution in [0.5, 0.6) is 11.5 Å². The Labute approximate surface area is 164 Å². The number of carbonyl (C=O) groups excluding carboxylic acids is 1. The van der Waals surface area contributed by atoms with Crippen molar-refractivity contribution in [2.24, 2.45) is 0 Å². The van der Waals surface area contributed by atoms with Crippen LogP contribution in [0.2, 0.25) is 0 Å². The monoisotopic (exact) mass is 375 g/mol. The molecule has 0 unspecified atom stereocenters. The van der Waals surface area contributed by atoms with Crippen molar-refractivity contribution in [3.05, 3.63) is 89.5 Å². The van der Waals surface area contributed by atoms with Gasteiger partial charge < -0.3 is 20.1 Å². The average molecular weight is 375 g/mol. The summed E-state index contributed by atoms with van der Waals surface area (Å²) in [5, 5.41) is 4.99. The minimum atomic E-state index is -0.0630. The van der Waals surface area contributed by atoms with Crippen molar-refractivity contribution >= 4 is 11.6 Å². The number of hydrogen-bond donors (Lipinski definition) is 2. The molecular weight excluding hydrogens is 352 g/mol. The van der Waals surface area contributed by atoms with Gasteiger partial charge in [0.1, 0.15) is 6.04 Å². The zero-order valence-corrected chi connectivity index (χ0v) is 15.7. The first-order chi connectivity index (χ1) is 13.7. The lowest BCUT2D eigenvalue weighted by Gasteiger charge is -2.17. The van der Waals surface area contributed by atoms with Crippen LogP contribution in [-0.4, -0.2) is 19.2 Å². The Morgan fingerprint density at radius 1 is 0.964 bits per heavy atom. The van der Waals surface area contributed by atoms with Crippen LogP contribution in [0.1, 0.15) is 22.7 Å². The van der Waals surface area contributed by atoms with Gasteiger partial charge in [0.15, 0.2) is 18.0 Å². The first kappa shape index (κ1) is 18.1. The molecule has 0 fully saturated rings. The second-order valence-electron chi connectivity index (χ2n) is 6.86. The summed E-state index contributed by atoms with van der Waals surface area (Å²) in [6.07, 6.45) is 0. The maximum Gasteiger partial charge on any atom is 0.279 e. The molecule has 3 aromatic carbocycles. The lowest BCUT2D eigenvalue weighted by atomic mass is 9.98. The molecule has 1 atom stereocenters. The maximum absolute atomic E-state index is 12.5. The fourth-order valence-electron chi connectivity index (χ4n) is 3.31. The number of ether oxygens (including phenoxy) is 2. The summed E-state index contributed by atoms with van der Waals surface area (Å²) in [6.45, 7) is 2.60. The van der Waals surface area contributed by atoms with Crippen molar-refractivity contribution in [3.8, 4) is 11.5 Å². The number of aryl methyl sites for hydroxylation is 1. The van der Waals surface area contributed by atoms with Gasteiger partial charge in [-0.25, -0.2) is 0 Å². The molecule has 1 amide bonds. The highest BCUT2D eigenvalue weighted by molar-refractivity contribution is 5.91. The van der Waals surface area contributed by atoms with Crippen molar-refractivity contribution in [2.75, 3.05) is 18.7 Å². The SMILES string of the molecule is Cc1ccc([C@@H]([NH2+]CC(=O)Nc2ccc3c(c2)OCO3)c2ccccc2)cc1. The van der Waals surface area contributed by atoms with Gasteiger partial charge in [-0.3, -0.25) is 4.79 Å². The van der Waals surface area contributed by atoms with Crippen molar-refractivity contribution in [2.45, 2.75) is 13.0 Å². The van der Waals surface area contributed by atoms with E-state index in [4.69, 9.17) is 9.47 Å². The van der Waals surface area contributed by atoms with E-state index in [-0.39, 0.29) is 18.7 Å². The van der Waals surface area contributed by atoms with Crippen LogP contribution in [0.15, 0.2) is 72.8 Å². The van der Waals surface area contributed by atoms with Gasteiger partial charge in [-0.2, -0.15) is 0 Å². The Balaban J connectivity index is 1.45. The number of nitrogens with one attached hydrogen (secondary N) is 1. The van der Waals surface area contributed by atoms with Crippen LogP contribution in [0.25, 0.3) is 0 Å². The summed E-state index contributed by atoms with van der Waals surface area (Å²) in [4.78, 5) is 12.5. The molecule has 0 aliphatic carbocycles. The van der Waals surface area contributed by atoms with E-state index in [0.717, 1.165) is 0 Å². The fraction of sp³-hybridized carbons (Fsp3) is 0.174. The second kappa shape index (κ2) is 8.15. The van der Waals surface area contributed by atoms with Crippen molar-refractivity contribution in [3.63, 3.8) is 0 Å². The molecule has 0 saturated heterocycles. The predicted molar refractivity (Wildman–Crippen MR) is 107 cm³/mol. The number of anilines is 1. The van der Waals surface area contributed by atoms with Crippen LogP contribution in [0.4, 0.5) is 5.69 Å². The zero-order valence-electron chi connectivity index (χ0n) is 15.7. The molecule has 0 saturated carbocycles. The number of fused-ring (bicyclic) bond motifs is 1. The van der Waals surface area contributed by atoms with Crippen LogP contribution in [0, 0.1) is 6.92 Å². The molecule has 5 nitrogen and oxygen atoms in total. The molecule has 1 heterocycles. The lowest BCUT2D eigenvalue weighted by Crippen LogP contribution is -2.87. The van der Waals surface area contributed by atoms with E-state index < -0.39 is 0 Å². The summed E-state index contributed by atoms with van der Waals surface area (Å²) in [6, 6.07) is 24.2. The first-order valence-corrected chi connectivity index (χ1v) is 9.33.